The fraction of sp³-hybridized carbons (Fsp3) is 0.200. The highest BCUT2D eigenvalue weighted by Gasteiger charge is 2.29. The molecule has 0 saturated heterocycles. The first-order chi connectivity index (χ1) is 13.9. The second-order valence-corrected chi connectivity index (χ2v) is 7.77. The third-order valence-corrected chi connectivity index (χ3v) is 5.53. The lowest BCUT2D eigenvalue weighted by molar-refractivity contribution is -0.137. The summed E-state index contributed by atoms with van der Waals surface area (Å²) in [6, 6.07) is 10.9. The average Bonchev–Trinajstić information content (AvgIpc) is 3.35. The molecule has 1 atom stereocenters. The summed E-state index contributed by atoms with van der Waals surface area (Å²) in [5, 5.41) is 11.9. The summed E-state index contributed by atoms with van der Waals surface area (Å²) >= 11 is 1.52. The van der Waals surface area contributed by atoms with Gasteiger partial charge < -0.3 is 11.1 Å². The van der Waals surface area contributed by atoms with Gasteiger partial charge >= 0.3 is 6.18 Å². The van der Waals surface area contributed by atoms with Crippen LogP contribution in [0.4, 0.5) is 18.3 Å². The molecule has 0 radical (unpaired) electrons. The van der Waals surface area contributed by atoms with Crippen LogP contribution in [0.15, 0.2) is 54.9 Å². The van der Waals surface area contributed by atoms with E-state index in [1.165, 1.54) is 23.5 Å². The number of thiazole rings is 1. The number of nitrogens with two attached hydrogens (primary N) is 1. The van der Waals surface area contributed by atoms with Crippen LogP contribution in [-0.2, 0) is 12.6 Å². The van der Waals surface area contributed by atoms with Gasteiger partial charge in [0, 0.05) is 24.2 Å². The van der Waals surface area contributed by atoms with E-state index in [1.54, 1.807) is 12.4 Å². The van der Waals surface area contributed by atoms with Crippen LogP contribution in [0.25, 0.3) is 21.3 Å². The van der Waals surface area contributed by atoms with Gasteiger partial charge in [0.05, 0.1) is 22.2 Å². The zero-order valence-corrected chi connectivity index (χ0v) is 16.0. The maximum atomic E-state index is 12.6. The molecule has 2 aromatic heterocycles. The van der Waals surface area contributed by atoms with Crippen molar-refractivity contribution < 1.29 is 13.2 Å². The lowest BCUT2D eigenvalue weighted by Gasteiger charge is -2.13. The molecular formula is C20H18F3N5S. The number of fused-ring (bicyclic) bond motifs is 1. The molecule has 150 valence electrons. The number of nitrogens with zero attached hydrogens (tertiary/aromatic N) is 2. The van der Waals surface area contributed by atoms with Crippen molar-refractivity contribution in [3.05, 3.63) is 66.0 Å². The predicted octanol–water partition coefficient (Wildman–Crippen LogP) is 4.69. The highest BCUT2D eigenvalue weighted by Crippen LogP contribution is 2.31. The van der Waals surface area contributed by atoms with Crippen LogP contribution in [0, 0.1) is 0 Å². The topological polar surface area (TPSA) is 79.6 Å². The van der Waals surface area contributed by atoms with Crippen LogP contribution in [0.2, 0.25) is 0 Å². The summed E-state index contributed by atoms with van der Waals surface area (Å²) in [6.07, 6.45) is -0.275. The van der Waals surface area contributed by atoms with Crippen molar-refractivity contribution in [1.29, 1.82) is 0 Å². The highest BCUT2D eigenvalue weighted by molar-refractivity contribution is 7.18. The van der Waals surface area contributed by atoms with E-state index in [0.29, 0.717) is 13.0 Å². The Bertz CT molecular complexity index is 1100. The third-order valence-electron chi connectivity index (χ3n) is 4.53. The van der Waals surface area contributed by atoms with Crippen LogP contribution in [-0.4, -0.2) is 27.8 Å². The molecule has 0 aliphatic carbocycles. The largest absolute Gasteiger partial charge is 0.416 e. The number of halogens is 3. The molecule has 4 N–H and O–H groups in total. The second-order valence-electron chi connectivity index (χ2n) is 6.74. The van der Waals surface area contributed by atoms with E-state index in [4.69, 9.17) is 5.73 Å². The number of benzene rings is 2. The maximum Gasteiger partial charge on any atom is 0.416 e. The summed E-state index contributed by atoms with van der Waals surface area (Å²) < 4.78 is 37.9. The van der Waals surface area contributed by atoms with Crippen LogP contribution in [0.5, 0.6) is 0 Å². The third kappa shape index (κ3) is 4.57. The van der Waals surface area contributed by atoms with Crippen molar-refractivity contribution in [2.45, 2.75) is 18.6 Å². The molecule has 4 rings (SSSR count). The lowest BCUT2D eigenvalue weighted by atomic mass is 10.0. The summed E-state index contributed by atoms with van der Waals surface area (Å²) in [5.74, 6) is 0. The summed E-state index contributed by atoms with van der Waals surface area (Å²) in [4.78, 5) is 5.40. The maximum absolute atomic E-state index is 12.6. The second kappa shape index (κ2) is 7.84. The van der Waals surface area contributed by atoms with Gasteiger partial charge in [-0.15, -0.1) is 0 Å². The molecule has 2 aromatic carbocycles. The Morgan fingerprint density at radius 1 is 1.10 bits per heavy atom. The Balaban J connectivity index is 1.34. The van der Waals surface area contributed by atoms with E-state index >= 15 is 0 Å². The summed E-state index contributed by atoms with van der Waals surface area (Å²) in [5.41, 5.74) is 8.27. The fourth-order valence-electron chi connectivity index (χ4n) is 3.01. The minimum Gasteiger partial charge on any atom is -0.360 e. The van der Waals surface area contributed by atoms with Crippen molar-refractivity contribution in [2.24, 2.45) is 5.73 Å². The van der Waals surface area contributed by atoms with E-state index in [2.05, 4.69) is 20.5 Å². The average molecular weight is 417 g/mol. The molecule has 0 bridgehead atoms. The lowest BCUT2D eigenvalue weighted by Crippen LogP contribution is -2.31. The van der Waals surface area contributed by atoms with Crippen LogP contribution in [0.1, 0.15) is 11.1 Å². The van der Waals surface area contributed by atoms with Gasteiger partial charge in [-0.05, 0) is 41.8 Å². The van der Waals surface area contributed by atoms with Gasteiger partial charge in [0.25, 0.3) is 0 Å². The first-order valence-electron chi connectivity index (χ1n) is 8.93. The van der Waals surface area contributed by atoms with Gasteiger partial charge in [-0.3, -0.25) is 5.10 Å². The Kier molecular flexibility index (Phi) is 5.25. The molecule has 0 unspecified atom stereocenters. The molecule has 0 fully saturated rings. The van der Waals surface area contributed by atoms with Gasteiger partial charge in [-0.2, -0.15) is 18.3 Å². The van der Waals surface area contributed by atoms with Crippen molar-refractivity contribution in [3.63, 3.8) is 0 Å². The van der Waals surface area contributed by atoms with Crippen molar-refractivity contribution in [1.82, 2.24) is 15.2 Å². The fourth-order valence-corrected chi connectivity index (χ4v) is 3.83. The molecule has 4 aromatic rings. The zero-order valence-electron chi connectivity index (χ0n) is 15.2. The number of aromatic amines is 1. The van der Waals surface area contributed by atoms with Gasteiger partial charge in [-0.1, -0.05) is 29.5 Å². The Morgan fingerprint density at radius 2 is 1.90 bits per heavy atom. The molecule has 0 spiro atoms. The van der Waals surface area contributed by atoms with Crippen LogP contribution >= 0.6 is 11.3 Å². The molecular weight excluding hydrogens is 399 g/mol. The number of rotatable bonds is 6. The quantitative estimate of drug-likeness (QED) is 0.425. The minimum atomic E-state index is -4.33. The number of anilines is 1. The number of alkyl halides is 3. The van der Waals surface area contributed by atoms with Gasteiger partial charge in [0.2, 0.25) is 0 Å². The minimum absolute atomic E-state index is 0.249. The van der Waals surface area contributed by atoms with E-state index < -0.39 is 11.7 Å². The monoisotopic (exact) mass is 417 g/mol. The molecule has 0 aliphatic rings. The molecule has 29 heavy (non-hydrogen) atoms. The summed E-state index contributed by atoms with van der Waals surface area (Å²) in [6.45, 7) is 0.467. The molecule has 0 amide bonds. The molecule has 2 heterocycles. The number of aromatic nitrogens is 3. The first kappa shape index (κ1) is 19.4. The first-order valence-corrected chi connectivity index (χ1v) is 9.75. The van der Waals surface area contributed by atoms with Gasteiger partial charge in [-0.25, -0.2) is 4.98 Å². The number of nitrogens with one attached hydrogen (secondary N) is 2. The van der Waals surface area contributed by atoms with E-state index in [1.807, 2.05) is 18.2 Å². The van der Waals surface area contributed by atoms with Crippen molar-refractivity contribution in [3.8, 4) is 10.4 Å². The summed E-state index contributed by atoms with van der Waals surface area (Å²) in [7, 11) is 0. The molecule has 0 aliphatic heterocycles. The number of hydrogen-bond acceptors (Lipinski definition) is 5. The normalized spacial score (nSPS) is 13.0. The Labute approximate surface area is 168 Å². The van der Waals surface area contributed by atoms with Gasteiger partial charge in [0.1, 0.15) is 0 Å². The van der Waals surface area contributed by atoms with E-state index in [9.17, 15) is 13.2 Å². The Hall–Kier alpha value is -2.91. The van der Waals surface area contributed by atoms with E-state index in [-0.39, 0.29) is 6.04 Å². The van der Waals surface area contributed by atoms with E-state index in [0.717, 1.165) is 44.2 Å². The number of H-pyrrole nitrogens is 1. The van der Waals surface area contributed by atoms with Crippen molar-refractivity contribution >= 4 is 27.4 Å². The molecule has 5 nitrogen and oxygen atoms in total. The highest BCUT2D eigenvalue weighted by atomic mass is 32.1. The standard InChI is InChI=1S/C20H18F3N5S/c21-20(22,23)15-4-1-12(2-5-15)7-16(24)10-25-19-26-11-18(29-19)13-3-6-17-14(8-13)9-27-28-17/h1-6,8-9,11,16H,7,10,24H2,(H,25,26)(H,27,28)/t16-/m0/s1. The molecule has 9 heteroatoms. The van der Waals surface area contributed by atoms with Gasteiger partial charge in [0.15, 0.2) is 5.13 Å². The van der Waals surface area contributed by atoms with Crippen LogP contribution in [0.3, 0.4) is 0 Å². The molecule has 0 saturated carbocycles. The Morgan fingerprint density at radius 3 is 2.66 bits per heavy atom. The smallest absolute Gasteiger partial charge is 0.360 e. The number of hydrogen-bond donors (Lipinski definition) is 3. The predicted molar refractivity (Wildman–Crippen MR) is 109 cm³/mol. The SMILES string of the molecule is N[C@H](CNc1ncc(-c2ccc3[nH]ncc3c2)s1)Cc1ccc(C(F)(F)F)cc1. The van der Waals surface area contributed by atoms with Crippen molar-refractivity contribution in [2.75, 3.05) is 11.9 Å². The van der Waals surface area contributed by atoms with Crippen LogP contribution < -0.4 is 11.1 Å². The zero-order chi connectivity index (χ0) is 20.4.